The largest absolute Gasteiger partial charge is 0.397 e. The van der Waals surface area contributed by atoms with Gasteiger partial charge in [0.1, 0.15) is 122 Å². The highest BCUT2D eigenvalue weighted by Crippen LogP contribution is 2.36. The van der Waals surface area contributed by atoms with Crippen molar-refractivity contribution < 1.29 is 149 Å². The van der Waals surface area contributed by atoms with Crippen LogP contribution in [0.2, 0.25) is 0 Å². The number of amides is 2. The molecule has 26 unspecified atom stereocenters. The number of rotatable bonds is 19. The second-order valence-electron chi connectivity index (χ2n) is 16.3. The molecule has 0 saturated carbocycles. The van der Waals surface area contributed by atoms with Gasteiger partial charge in [0.2, 0.25) is 11.8 Å². The monoisotopic (exact) mass is 1050 g/mol. The van der Waals surface area contributed by atoms with Gasteiger partial charge in [-0.25, -0.2) is 4.18 Å². The van der Waals surface area contributed by atoms with Gasteiger partial charge in [-0.2, -0.15) is 12.6 Å². The van der Waals surface area contributed by atoms with E-state index in [2.05, 4.69) is 14.8 Å². The smallest absolute Gasteiger partial charge is 0.394 e. The van der Waals surface area contributed by atoms with Crippen molar-refractivity contribution in [2.45, 2.75) is 167 Å². The second-order valence-corrected chi connectivity index (χ2v) is 18.0. The van der Waals surface area contributed by atoms with E-state index in [1.54, 1.807) is 0 Å². The molecule has 5 saturated heterocycles. The van der Waals surface area contributed by atoms with Crippen LogP contribution in [-0.2, 0) is 82.3 Å². The Morgan fingerprint density at radius 2 is 0.899 bits per heavy atom. The van der Waals surface area contributed by atoms with E-state index in [1.807, 2.05) is 0 Å². The van der Waals surface area contributed by atoms with Crippen LogP contribution in [0.5, 0.6) is 0 Å². The molecule has 5 aliphatic rings. The van der Waals surface area contributed by atoms with Crippen molar-refractivity contribution in [1.82, 2.24) is 10.6 Å². The molecule has 5 fully saturated rings. The first-order valence-corrected chi connectivity index (χ1v) is 23.1. The number of carbonyl (C=O) groups excluding carboxylic acids is 2. The molecular weight excluding hydrogens is 996 g/mol. The number of hydrogen-bond acceptors (Lipinski definition) is 29. The molecule has 0 bridgehead atoms. The molecule has 69 heavy (non-hydrogen) atoms. The van der Waals surface area contributed by atoms with E-state index in [0.29, 0.717) is 0 Å². The van der Waals surface area contributed by atoms with E-state index < -0.39 is 220 Å². The van der Waals surface area contributed by atoms with Crippen molar-refractivity contribution in [1.29, 1.82) is 0 Å². The third kappa shape index (κ3) is 14.0. The predicted molar refractivity (Wildman–Crippen MR) is 210 cm³/mol. The van der Waals surface area contributed by atoms with Gasteiger partial charge in [-0.3, -0.25) is 22.9 Å². The van der Waals surface area contributed by atoms with Crippen LogP contribution < -0.4 is 10.6 Å². The Balaban J connectivity index is 1.45. The molecule has 5 rings (SSSR count). The number of carbonyl (C=O) groups is 2. The second kappa shape index (κ2) is 24.8. The minimum absolute atomic E-state index is 0.877. The van der Waals surface area contributed by atoms with Crippen LogP contribution in [0.15, 0.2) is 0 Å². The topological polar surface area (TPSA) is 514 Å². The van der Waals surface area contributed by atoms with Crippen LogP contribution in [0.25, 0.3) is 0 Å². The lowest BCUT2D eigenvalue weighted by atomic mass is 9.94. The first kappa shape index (κ1) is 57.9. The van der Waals surface area contributed by atoms with Gasteiger partial charge in [0.15, 0.2) is 31.5 Å². The highest BCUT2D eigenvalue weighted by atomic mass is 32.3. The summed E-state index contributed by atoms with van der Waals surface area (Å²) in [7, 11) is -5.32. The fourth-order valence-corrected chi connectivity index (χ4v) is 8.64. The lowest BCUT2D eigenvalue weighted by Crippen LogP contribution is -2.70. The summed E-state index contributed by atoms with van der Waals surface area (Å²) in [4.78, 5) is 24.9. The number of ether oxygens (including phenoxy) is 9. The molecule has 33 nitrogen and oxygen atoms in total. The first-order valence-electron chi connectivity index (χ1n) is 20.7. The summed E-state index contributed by atoms with van der Waals surface area (Å²) in [5.74, 6) is -1.81. The Morgan fingerprint density at radius 1 is 0.507 bits per heavy atom. The number of nitrogens with one attached hydrogen (secondary N) is 2. The zero-order valence-electron chi connectivity index (χ0n) is 36.0. The molecule has 0 aromatic heterocycles. The third-order valence-corrected chi connectivity index (χ3v) is 12.2. The zero-order valence-corrected chi connectivity index (χ0v) is 37.7. The molecule has 5 heterocycles. The number of aliphatic hydroxyl groups excluding tert-OH is 13. The van der Waals surface area contributed by atoms with Gasteiger partial charge in [-0.15, -0.1) is 0 Å². The Bertz CT molecular complexity index is 1810. The summed E-state index contributed by atoms with van der Waals surface area (Å²) >= 11 is -3.05. The van der Waals surface area contributed by atoms with Gasteiger partial charge in [-0.1, -0.05) is 0 Å². The van der Waals surface area contributed by atoms with Crippen LogP contribution in [0.1, 0.15) is 13.8 Å². The van der Waals surface area contributed by atoms with Gasteiger partial charge in [0.25, 0.3) is 0 Å². The molecule has 0 aromatic rings. The van der Waals surface area contributed by atoms with Crippen molar-refractivity contribution in [2.24, 2.45) is 0 Å². The molecule has 35 heteroatoms. The van der Waals surface area contributed by atoms with Crippen LogP contribution in [0, 0.1) is 0 Å². The summed E-state index contributed by atoms with van der Waals surface area (Å²) in [5, 5.41) is 143. The lowest BCUT2D eigenvalue weighted by molar-refractivity contribution is -0.381. The third-order valence-electron chi connectivity index (χ3n) is 11.5. The molecule has 5 aliphatic heterocycles. The normalized spacial score (nSPS) is 45.9. The van der Waals surface area contributed by atoms with Crippen molar-refractivity contribution >= 4 is 33.6 Å². The number of hydrogen-bond donors (Lipinski definition) is 17. The fraction of sp³-hybridized carbons (Fsp3) is 0.941. The molecule has 402 valence electrons. The quantitative estimate of drug-likeness (QED) is 0.0422. The van der Waals surface area contributed by atoms with Crippen molar-refractivity contribution in [3.05, 3.63) is 0 Å². The minimum atomic E-state index is -5.32. The van der Waals surface area contributed by atoms with Crippen LogP contribution in [0.3, 0.4) is 0 Å². The van der Waals surface area contributed by atoms with Crippen molar-refractivity contribution in [3.8, 4) is 0 Å². The van der Waals surface area contributed by atoms with Crippen LogP contribution in [0.4, 0.5) is 0 Å². The molecule has 26 atom stereocenters. The maximum Gasteiger partial charge on any atom is 0.397 e. The summed E-state index contributed by atoms with van der Waals surface area (Å²) in [6, 6.07) is -3.71. The van der Waals surface area contributed by atoms with Gasteiger partial charge < -0.3 is 120 Å². The summed E-state index contributed by atoms with van der Waals surface area (Å²) in [6.45, 7) is -3.30. The average molecular weight is 1050 g/mol. The average Bonchev–Trinajstić information content (AvgIpc) is 3.27. The molecule has 17 N–H and O–H groups in total. The van der Waals surface area contributed by atoms with Gasteiger partial charge in [0.05, 0.1) is 33.0 Å². The molecule has 2 amide bonds. The number of aliphatic hydroxyl groups is 13. The van der Waals surface area contributed by atoms with E-state index in [0.717, 1.165) is 13.8 Å². The fourth-order valence-electron chi connectivity index (χ4n) is 8.09. The van der Waals surface area contributed by atoms with E-state index in [9.17, 15) is 97.7 Å². The summed E-state index contributed by atoms with van der Waals surface area (Å²) in [6.07, 6.45) is -46.0. The molecule has 0 aromatic carbocycles. The van der Waals surface area contributed by atoms with E-state index in [1.165, 1.54) is 0 Å². The van der Waals surface area contributed by atoms with Gasteiger partial charge >= 0.3 is 21.8 Å². The first-order chi connectivity index (χ1) is 32.3. The van der Waals surface area contributed by atoms with Gasteiger partial charge in [0, 0.05) is 13.8 Å². The minimum Gasteiger partial charge on any atom is -0.394 e. The predicted octanol–water partition coefficient (Wildman–Crippen LogP) is -11.6. The van der Waals surface area contributed by atoms with Gasteiger partial charge in [-0.05, 0) is 0 Å². The van der Waals surface area contributed by atoms with E-state index in [4.69, 9.17) is 46.8 Å². The van der Waals surface area contributed by atoms with Crippen LogP contribution >= 0.6 is 0 Å². The Labute approximate surface area is 392 Å². The molecule has 0 spiro atoms. The molecular formula is C34H58N2O31S2. The summed E-state index contributed by atoms with van der Waals surface area (Å²) in [5.41, 5.74) is 0. The highest BCUT2D eigenvalue weighted by Gasteiger charge is 2.57. The Kier molecular flexibility index (Phi) is 20.8. The summed E-state index contributed by atoms with van der Waals surface area (Å²) < 4.78 is 114. The van der Waals surface area contributed by atoms with Crippen LogP contribution in [-0.4, -0.2) is 286 Å². The zero-order chi connectivity index (χ0) is 51.4. The van der Waals surface area contributed by atoms with Crippen molar-refractivity contribution in [2.75, 3.05) is 33.0 Å². The maximum atomic E-state index is 12.5. The lowest BCUT2D eigenvalue weighted by Gasteiger charge is -2.50. The van der Waals surface area contributed by atoms with E-state index >= 15 is 0 Å². The SMILES string of the molecule is CC(=O)NC1C(OC2C(O)C(CO)OC(OC3C(COS(=O)O)OC(OC4C(O)C(O)OC(CO)C4O)C(NC(C)=O)C3O)C2O)OC(COS(=O)(=O)O)C(OC2OC(CO)C(O)C(O)C2O)C1O. The molecule has 0 radical (unpaired) electrons. The van der Waals surface area contributed by atoms with Crippen molar-refractivity contribution in [3.63, 3.8) is 0 Å². The highest BCUT2D eigenvalue weighted by molar-refractivity contribution is 7.80. The van der Waals surface area contributed by atoms with E-state index in [-0.39, 0.29) is 0 Å². The Morgan fingerprint density at radius 3 is 1.33 bits per heavy atom. The molecule has 0 aliphatic carbocycles. The maximum absolute atomic E-state index is 12.5. The Hall–Kier alpha value is -2.00. The standard InChI is InChI=1S/C34H58N2O31S2/c1-8(40)35-15-20(45)26(13(6-57-68(52)53)62-31(15)66-28-18(43)11(4-38)59-30(51)24(28)49)65-34-25(50)29(19(44)12(5-39)61-34)67-32-16(36-9(2)41)21(46)27(14(63-32)7-58-69(54,55)56)64-33-23(48)22(47)17(42)10(3-37)60-33/h10-34,37-39,42-51H,3-7H2,1-2H3,(H,35,40)(H,36,41)(H,52,53)(H,54,55,56).